The topological polar surface area (TPSA) is 50.4 Å². The van der Waals surface area contributed by atoms with Gasteiger partial charge in [0, 0.05) is 0 Å². The first kappa shape index (κ1) is 10.6. The lowest BCUT2D eigenvalue weighted by Crippen LogP contribution is -2.40. The number of alkyl carbamates (subject to hydrolysis) is 1. The Balaban J connectivity index is 0.000000845. The second-order valence-corrected chi connectivity index (χ2v) is 3.44. The number of carbonyl (C=O) groups excluding carboxylic acids is 1. The maximum atomic E-state index is 10.7. The third-order valence-electron chi connectivity index (χ3n) is 2.65. The van der Waals surface area contributed by atoms with E-state index in [4.69, 9.17) is 4.74 Å². The van der Waals surface area contributed by atoms with E-state index in [0.717, 1.165) is 25.9 Å². The summed E-state index contributed by atoms with van der Waals surface area (Å²) in [5.41, 5.74) is 0. The lowest BCUT2D eigenvalue weighted by Gasteiger charge is -2.26. The minimum Gasteiger partial charge on any atom is -0.447 e. The molecule has 2 rings (SSSR count). The van der Waals surface area contributed by atoms with Gasteiger partial charge in [-0.05, 0) is 31.8 Å². The molecule has 5 heteroatoms. The molecule has 2 N–H and O–H groups in total. The Morgan fingerprint density at radius 2 is 2.00 bits per heavy atom. The van der Waals surface area contributed by atoms with Crippen LogP contribution in [0, 0.1) is 5.92 Å². The van der Waals surface area contributed by atoms with Gasteiger partial charge in [0.15, 0.2) is 0 Å². The largest absolute Gasteiger partial charge is 0.447 e. The fourth-order valence-corrected chi connectivity index (χ4v) is 1.90. The number of piperidine rings is 1. The second kappa shape index (κ2) is 4.67. The van der Waals surface area contributed by atoms with Crippen LogP contribution in [0.4, 0.5) is 4.79 Å². The molecule has 2 saturated heterocycles. The average Bonchev–Trinajstić information content (AvgIpc) is 2.54. The van der Waals surface area contributed by atoms with Crippen LogP contribution in [0.15, 0.2) is 0 Å². The summed E-state index contributed by atoms with van der Waals surface area (Å²) < 4.78 is 4.85. The fourth-order valence-electron chi connectivity index (χ4n) is 1.90. The Hall–Kier alpha value is -0.480. The van der Waals surface area contributed by atoms with Gasteiger partial charge in [0.05, 0.1) is 6.04 Å². The van der Waals surface area contributed by atoms with Crippen molar-refractivity contribution in [2.45, 2.75) is 18.9 Å². The molecule has 1 atom stereocenters. The molecule has 0 bridgehead atoms. The summed E-state index contributed by atoms with van der Waals surface area (Å²) in [5.74, 6) is 0.609. The Morgan fingerprint density at radius 3 is 2.54 bits per heavy atom. The summed E-state index contributed by atoms with van der Waals surface area (Å²) >= 11 is 0. The van der Waals surface area contributed by atoms with Crippen molar-refractivity contribution in [3.8, 4) is 0 Å². The van der Waals surface area contributed by atoms with Crippen LogP contribution >= 0.6 is 12.4 Å². The zero-order valence-electron chi connectivity index (χ0n) is 7.41. The van der Waals surface area contributed by atoms with Gasteiger partial charge in [0.2, 0.25) is 0 Å². The maximum absolute atomic E-state index is 10.7. The number of cyclic esters (lactones) is 1. The first-order chi connectivity index (χ1) is 5.86. The molecule has 0 aromatic heterocycles. The zero-order valence-corrected chi connectivity index (χ0v) is 8.23. The van der Waals surface area contributed by atoms with Gasteiger partial charge in [-0.2, -0.15) is 0 Å². The van der Waals surface area contributed by atoms with Crippen LogP contribution < -0.4 is 10.6 Å². The molecule has 4 nitrogen and oxygen atoms in total. The smallest absolute Gasteiger partial charge is 0.407 e. The lowest BCUT2D eigenvalue weighted by molar-refractivity contribution is 0.173. The first-order valence-electron chi connectivity index (χ1n) is 4.50. The molecule has 1 amide bonds. The molecule has 1 unspecified atom stereocenters. The normalized spacial score (nSPS) is 28.9. The van der Waals surface area contributed by atoms with Crippen molar-refractivity contribution in [2.75, 3.05) is 19.7 Å². The third kappa shape index (κ3) is 2.48. The minimum absolute atomic E-state index is 0. The van der Waals surface area contributed by atoms with Crippen molar-refractivity contribution in [2.24, 2.45) is 5.92 Å². The van der Waals surface area contributed by atoms with E-state index in [1.807, 2.05) is 0 Å². The summed E-state index contributed by atoms with van der Waals surface area (Å²) in [6, 6.07) is 0.264. The summed E-state index contributed by atoms with van der Waals surface area (Å²) in [6.07, 6.45) is 2.04. The highest BCUT2D eigenvalue weighted by Gasteiger charge is 2.30. The number of carbonyl (C=O) groups is 1. The SMILES string of the molecule is Cl.O=C1NC(C2CCNCC2)CO1. The monoisotopic (exact) mass is 206 g/mol. The zero-order chi connectivity index (χ0) is 8.39. The molecule has 76 valence electrons. The van der Waals surface area contributed by atoms with Crippen molar-refractivity contribution >= 4 is 18.5 Å². The van der Waals surface area contributed by atoms with Gasteiger partial charge in [-0.15, -0.1) is 12.4 Å². The number of halogens is 1. The summed E-state index contributed by atoms with van der Waals surface area (Å²) in [4.78, 5) is 10.7. The molecule has 0 spiro atoms. The van der Waals surface area contributed by atoms with E-state index >= 15 is 0 Å². The third-order valence-corrected chi connectivity index (χ3v) is 2.65. The van der Waals surface area contributed by atoms with E-state index in [1.54, 1.807) is 0 Å². The molecule has 0 aliphatic carbocycles. The highest BCUT2D eigenvalue weighted by atomic mass is 35.5. The van der Waals surface area contributed by atoms with Crippen molar-refractivity contribution in [1.29, 1.82) is 0 Å². The molecule has 0 aromatic rings. The van der Waals surface area contributed by atoms with Gasteiger partial charge in [-0.1, -0.05) is 0 Å². The molecule has 0 aromatic carbocycles. The lowest BCUT2D eigenvalue weighted by atomic mass is 9.91. The number of hydrogen-bond acceptors (Lipinski definition) is 3. The fraction of sp³-hybridized carbons (Fsp3) is 0.875. The van der Waals surface area contributed by atoms with Gasteiger partial charge in [0.25, 0.3) is 0 Å². The van der Waals surface area contributed by atoms with E-state index in [-0.39, 0.29) is 24.5 Å². The standard InChI is InChI=1S/C8H14N2O2.ClH/c11-8-10-7(5-12-8)6-1-3-9-4-2-6;/h6-7,9H,1-5H2,(H,10,11);1H. The average molecular weight is 207 g/mol. The molecule has 0 radical (unpaired) electrons. The Kier molecular flexibility index (Phi) is 3.81. The molecular weight excluding hydrogens is 192 g/mol. The van der Waals surface area contributed by atoms with E-state index < -0.39 is 0 Å². The molecule has 2 aliphatic heterocycles. The molecule has 2 heterocycles. The highest BCUT2D eigenvalue weighted by Crippen LogP contribution is 2.19. The summed E-state index contributed by atoms with van der Waals surface area (Å²) in [5, 5.41) is 6.13. The van der Waals surface area contributed by atoms with Crippen LogP contribution in [0.5, 0.6) is 0 Å². The predicted molar refractivity (Wildman–Crippen MR) is 51.1 cm³/mol. The van der Waals surface area contributed by atoms with Crippen molar-refractivity contribution < 1.29 is 9.53 Å². The van der Waals surface area contributed by atoms with E-state index in [2.05, 4.69) is 10.6 Å². The van der Waals surface area contributed by atoms with Crippen LogP contribution in [0.3, 0.4) is 0 Å². The number of rotatable bonds is 1. The maximum Gasteiger partial charge on any atom is 0.407 e. The van der Waals surface area contributed by atoms with Gasteiger partial charge < -0.3 is 15.4 Å². The van der Waals surface area contributed by atoms with Gasteiger partial charge in [-0.3, -0.25) is 0 Å². The van der Waals surface area contributed by atoms with E-state index in [9.17, 15) is 4.79 Å². The van der Waals surface area contributed by atoms with Crippen LogP contribution in [0.2, 0.25) is 0 Å². The van der Waals surface area contributed by atoms with Gasteiger partial charge in [0.1, 0.15) is 6.61 Å². The van der Waals surface area contributed by atoms with E-state index in [0.29, 0.717) is 12.5 Å². The minimum atomic E-state index is -0.251. The highest BCUT2D eigenvalue weighted by molar-refractivity contribution is 5.85. The van der Waals surface area contributed by atoms with Crippen LogP contribution in [0.1, 0.15) is 12.8 Å². The molecule has 2 fully saturated rings. The quantitative estimate of drug-likeness (QED) is 0.658. The number of amides is 1. The number of ether oxygens (including phenoxy) is 1. The van der Waals surface area contributed by atoms with Gasteiger partial charge in [-0.25, -0.2) is 4.79 Å². The Labute approximate surface area is 83.8 Å². The van der Waals surface area contributed by atoms with Crippen molar-refractivity contribution in [3.63, 3.8) is 0 Å². The first-order valence-corrected chi connectivity index (χ1v) is 4.50. The molecular formula is C8H15ClN2O2. The summed E-state index contributed by atoms with van der Waals surface area (Å²) in [7, 11) is 0. The van der Waals surface area contributed by atoms with Crippen LogP contribution in [-0.2, 0) is 4.74 Å². The molecule has 13 heavy (non-hydrogen) atoms. The van der Waals surface area contributed by atoms with Crippen molar-refractivity contribution in [3.05, 3.63) is 0 Å². The predicted octanol–water partition coefficient (Wildman–Crippen LogP) is 0.516. The van der Waals surface area contributed by atoms with Gasteiger partial charge >= 0.3 is 6.09 Å². The van der Waals surface area contributed by atoms with Crippen LogP contribution in [-0.4, -0.2) is 31.8 Å². The second-order valence-electron chi connectivity index (χ2n) is 3.44. The number of nitrogens with one attached hydrogen (secondary N) is 2. The Bertz CT molecular complexity index is 183. The van der Waals surface area contributed by atoms with Crippen LogP contribution in [0.25, 0.3) is 0 Å². The van der Waals surface area contributed by atoms with Crippen molar-refractivity contribution in [1.82, 2.24) is 10.6 Å². The molecule has 0 saturated carbocycles. The molecule has 2 aliphatic rings. The van der Waals surface area contributed by atoms with E-state index in [1.165, 1.54) is 0 Å². The number of hydrogen-bond donors (Lipinski definition) is 2. The summed E-state index contributed by atoms with van der Waals surface area (Å²) in [6.45, 7) is 2.69. The Morgan fingerprint density at radius 1 is 1.31 bits per heavy atom.